The van der Waals surface area contributed by atoms with Gasteiger partial charge in [-0.15, -0.1) is 0 Å². The zero-order valence-corrected chi connectivity index (χ0v) is 19.1. The van der Waals surface area contributed by atoms with Gasteiger partial charge in [-0.25, -0.2) is 4.98 Å². The Labute approximate surface area is 191 Å². The van der Waals surface area contributed by atoms with E-state index < -0.39 is 0 Å². The van der Waals surface area contributed by atoms with Crippen LogP contribution in [0.2, 0.25) is 0 Å². The van der Waals surface area contributed by atoms with Crippen LogP contribution in [0.4, 0.5) is 0 Å². The first-order valence-corrected chi connectivity index (χ1v) is 11.6. The largest absolute Gasteiger partial charge is 0.477 e. The summed E-state index contributed by atoms with van der Waals surface area (Å²) in [5.41, 5.74) is 0.386. The molecule has 3 heterocycles. The molecule has 8 heteroatoms. The van der Waals surface area contributed by atoms with Crippen molar-refractivity contribution in [3.63, 3.8) is 0 Å². The van der Waals surface area contributed by atoms with E-state index in [1.807, 2.05) is 0 Å². The summed E-state index contributed by atoms with van der Waals surface area (Å²) in [4.78, 5) is 46.4. The SMILES string of the molecule is CCCCOc1nccc2c1c1cnccc1c(=O)n2CC(=O)C1CCC(OC(C)=O)CC1. The van der Waals surface area contributed by atoms with Gasteiger partial charge in [0.2, 0.25) is 5.88 Å². The molecule has 8 nitrogen and oxygen atoms in total. The molecule has 1 aliphatic carbocycles. The average molecular weight is 452 g/mol. The van der Waals surface area contributed by atoms with Crippen molar-refractivity contribution in [3.8, 4) is 5.88 Å². The first-order chi connectivity index (χ1) is 16.0. The van der Waals surface area contributed by atoms with Crippen LogP contribution in [0.15, 0.2) is 35.5 Å². The fraction of sp³-hybridized carbons (Fsp3) is 0.480. The monoisotopic (exact) mass is 451 g/mol. The molecule has 33 heavy (non-hydrogen) atoms. The standard InChI is InChI=1S/C25H29N3O5/c1-3-4-13-32-24-23-20-14-26-11-9-19(20)25(31)28(21(23)10-12-27-24)15-22(30)17-5-7-18(8-6-17)33-16(2)29/h9-12,14,17-18H,3-8,13,15H2,1-2H3. The van der Waals surface area contributed by atoms with Crippen LogP contribution >= 0.6 is 0 Å². The highest BCUT2D eigenvalue weighted by molar-refractivity contribution is 6.08. The third-order valence-electron chi connectivity index (χ3n) is 6.26. The number of hydrogen-bond acceptors (Lipinski definition) is 7. The molecule has 4 rings (SSSR count). The Balaban J connectivity index is 1.68. The maximum absolute atomic E-state index is 13.4. The Morgan fingerprint density at radius 1 is 1.12 bits per heavy atom. The number of carbonyl (C=O) groups is 2. The molecule has 3 aromatic heterocycles. The number of rotatable bonds is 8. The Morgan fingerprint density at radius 3 is 2.64 bits per heavy atom. The van der Waals surface area contributed by atoms with Crippen LogP contribution in [0.5, 0.6) is 5.88 Å². The highest BCUT2D eigenvalue weighted by Gasteiger charge is 2.28. The lowest BCUT2D eigenvalue weighted by Gasteiger charge is -2.27. The van der Waals surface area contributed by atoms with Gasteiger partial charge in [0.1, 0.15) is 6.10 Å². The summed E-state index contributed by atoms with van der Waals surface area (Å²) in [7, 11) is 0. The predicted octanol–water partition coefficient (Wildman–Crippen LogP) is 3.81. The van der Waals surface area contributed by atoms with Gasteiger partial charge in [-0.3, -0.25) is 19.4 Å². The fourth-order valence-electron chi connectivity index (χ4n) is 4.55. The van der Waals surface area contributed by atoms with Gasteiger partial charge in [0, 0.05) is 36.8 Å². The molecular weight excluding hydrogens is 422 g/mol. The lowest BCUT2D eigenvalue weighted by atomic mass is 9.84. The summed E-state index contributed by atoms with van der Waals surface area (Å²) in [6, 6.07) is 3.42. The Bertz CT molecular complexity index is 1230. The average Bonchev–Trinajstić information content (AvgIpc) is 2.82. The molecular formula is C25H29N3O5. The zero-order chi connectivity index (χ0) is 23.4. The molecule has 0 atom stereocenters. The molecule has 0 amide bonds. The van der Waals surface area contributed by atoms with Gasteiger partial charge < -0.3 is 14.0 Å². The zero-order valence-electron chi connectivity index (χ0n) is 19.1. The van der Waals surface area contributed by atoms with Crippen molar-refractivity contribution in [1.29, 1.82) is 0 Å². The Morgan fingerprint density at radius 2 is 1.91 bits per heavy atom. The van der Waals surface area contributed by atoms with E-state index >= 15 is 0 Å². The normalized spacial score (nSPS) is 18.4. The van der Waals surface area contributed by atoms with Gasteiger partial charge in [-0.1, -0.05) is 13.3 Å². The summed E-state index contributed by atoms with van der Waals surface area (Å²) in [6.45, 7) is 3.99. The highest BCUT2D eigenvalue weighted by Crippen LogP contribution is 2.31. The van der Waals surface area contributed by atoms with Crippen LogP contribution in [-0.4, -0.2) is 39.0 Å². The maximum atomic E-state index is 13.4. The van der Waals surface area contributed by atoms with E-state index in [1.54, 1.807) is 30.7 Å². The second-order valence-electron chi connectivity index (χ2n) is 8.57. The van der Waals surface area contributed by atoms with Crippen molar-refractivity contribution in [2.75, 3.05) is 6.61 Å². The van der Waals surface area contributed by atoms with Crippen molar-refractivity contribution in [2.45, 2.75) is 65.0 Å². The number of pyridine rings is 3. The van der Waals surface area contributed by atoms with E-state index in [2.05, 4.69) is 16.9 Å². The molecule has 0 unspecified atom stereocenters. The molecule has 1 aliphatic rings. The predicted molar refractivity (Wildman–Crippen MR) is 124 cm³/mol. The highest BCUT2D eigenvalue weighted by atomic mass is 16.5. The van der Waals surface area contributed by atoms with Gasteiger partial charge in [-0.2, -0.15) is 0 Å². The van der Waals surface area contributed by atoms with Crippen LogP contribution in [0, 0.1) is 5.92 Å². The molecule has 0 aromatic carbocycles. The Hall–Kier alpha value is -3.29. The molecule has 0 bridgehead atoms. The van der Waals surface area contributed by atoms with Crippen molar-refractivity contribution < 1.29 is 19.1 Å². The summed E-state index contributed by atoms with van der Waals surface area (Å²) in [6.07, 6.45) is 9.20. The summed E-state index contributed by atoms with van der Waals surface area (Å²) < 4.78 is 12.8. The van der Waals surface area contributed by atoms with Gasteiger partial charge in [0.15, 0.2) is 5.78 Å². The first-order valence-electron chi connectivity index (χ1n) is 11.6. The van der Waals surface area contributed by atoms with E-state index in [0.29, 0.717) is 59.8 Å². The molecule has 0 radical (unpaired) electrons. The van der Waals surface area contributed by atoms with Gasteiger partial charge in [0.25, 0.3) is 5.56 Å². The minimum atomic E-state index is -0.293. The number of carbonyl (C=O) groups excluding carboxylic acids is 2. The molecule has 0 spiro atoms. The van der Waals surface area contributed by atoms with Gasteiger partial charge >= 0.3 is 5.97 Å². The number of esters is 1. The molecule has 0 aliphatic heterocycles. The number of nitrogens with zero attached hydrogens (tertiary/aromatic N) is 3. The lowest BCUT2D eigenvalue weighted by molar-refractivity contribution is -0.148. The van der Waals surface area contributed by atoms with E-state index in [9.17, 15) is 14.4 Å². The smallest absolute Gasteiger partial charge is 0.302 e. The van der Waals surface area contributed by atoms with Crippen LogP contribution in [0.3, 0.4) is 0 Å². The minimum Gasteiger partial charge on any atom is -0.477 e. The number of aromatic nitrogens is 3. The van der Waals surface area contributed by atoms with Gasteiger partial charge in [0.05, 0.1) is 29.4 Å². The molecule has 3 aromatic rings. The Kier molecular flexibility index (Phi) is 7.01. The summed E-state index contributed by atoms with van der Waals surface area (Å²) in [5.74, 6) is 0.00779. The molecule has 174 valence electrons. The number of ketones is 1. The topological polar surface area (TPSA) is 100 Å². The van der Waals surface area contributed by atoms with Crippen LogP contribution < -0.4 is 10.3 Å². The van der Waals surface area contributed by atoms with Crippen molar-refractivity contribution >= 4 is 33.4 Å². The van der Waals surface area contributed by atoms with Crippen LogP contribution in [0.1, 0.15) is 52.4 Å². The third-order valence-corrected chi connectivity index (χ3v) is 6.26. The van der Waals surface area contributed by atoms with Crippen molar-refractivity contribution in [2.24, 2.45) is 5.92 Å². The second-order valence-corrected chi connectivity index (χ2v) is 8.57. The number of ether oxygens (including phenoxy) is 2. The quantitative estimate of drug-likeness (QED) is 0.292. The molecule has 1 fully saturated rings. The second kappa shape index (κ2) is 10.1. The van der Waals surface area contributed by atoms with Crippen LogP contribution in [-0.2, 0) is 20.9 Å². The van der Waals surface area contributed by atoms with E-state index in [0.717, 1.165) is 12.8 Å². The van der Waals surface area contributed by atoms with Crippen molar-refractivity contribution in [1.82, 2.24) is 14.5 Å². The number of hydrogen-bond donors (Lipinski definition) is 0. The fourth-order valence-corrected chi connectivity index (χ4v) is 4.55. The lowest BCUT2D eigenvalue weighted by Crippen LogP contribution is -2.32. The molecule has 0 saturated heterocycles. The maximum Gasteiger partial charge on any atom is 0.302 e. The number of fused-ring (bicyclic) bond motifs is 3. The summed E-state index contributed by atoms with van der Waals surface area (Å²) in [5, 5.41) is 1.85. The van der Waals surface area contributed by atoms with Gasteiger partial charge in [-0.05, 0) is 44.2 Å². The van der Waals surface area contributed by atoms with E-state index in [-0.39, 0.29) is 35.9 Å². The van der Waals surface area contributed by atoms with Crippen molar-refractivity contribution in [3.05, 3.63) is 41.1 Å². The minimum absolute atomic E-state index is 0.0124. The number of unbranched alkanes of at least 4 members (excludes halogenated alkanes) is 1. The first kappa shape index (κ1) is 22.9. The van der Waals surface area contributed by atoms with E-state index in [4.69, 9.17) is 9.47 Å². The molecule has 1 saturated carbocycles. The molecule has 0 N–H and O–H groups in total. The summed E-state index contributed by atoms with van der Waals surface area (Å²) >= 11 is 0. The van der Waals surface area contributed by atoms with Crippen LogP contribution in [0.25, 0.3) is 21.7 Å². The third kappa shape index (κ3) is 4.89. The van der Waals surface area contributed by atoms with E-state index in [1.165, 1.54) is 11.5 Å². The number of Topliss-reactive ketones (excluding diaryl/α,β-unsaturated/α-hetero) is 1.